The van der Waals surface area contributed by atoms with Gasteiger partial charge < -0.3 is 4.74 Å². The number of esters is 1. The Morgan fingerprint density at radius 3 is 2.57 bits per heavy atom. The smallest absolute Gasteiger partial charge is 0.338 e. The van der Waals surface area contributed by atoms with Crippen LogP contribution in [-0.2, 0) is 22.3 Å². The summed E-state index contributed by atoms with van der Waals surface area (Å²) in [5.41, 5.74) is 3.28. The molecule has 0 fully saturated rings. The second-order valence-corrected chi connectivity index (χ2v) is 6.54. The molecule has 1 aliphatic rings. The third-order valence-corrected chi connectivity index (χ3v) is 4.98. The Morgan fingerprint density at radius 2 is 1.83 bits per heavy atom. The Kier molecular flexibility index (Phi) is 4.69. The molecule has 23 heavy (non-hydrogen) atoms. The zero-order chi connectivity index (χ0) is 16.2. The van der Waals surface area contributed by atoms with Gasteiger partial charge in [0.15, 0.2) is 0 Å². The van der Waals surface area contributed by atoms with Gasteiger partial charge in [0.2, 0.25) is 0 Å². The van der Waals surface area contributed by atoms with Crippen LogP contribution in [0.4, 0.5) is 0 Å². The van der Waals surface area contributed by atoms with Crippen LogP contribution in [0.2, 0.25) is 0 Å². The largest absolute Gasteiger partial charge is 0.465 e. The fourth-order valence-electron chi connectivity index (χ4n) is 2.59. The van der Waals surface area contributed by atoms with Crippen LogP contribution in [0.5, 0.6) is 0 Å². The molecule has 0 amide bonds. The average molecular weight is 327 g/mol. The van der Waals surface area contributed by atoms with E-state index in [9.17, 15) is 9.00 Å². The van der Waals surface area contributed by atoms with Crippen LogP contribution < -0.4 is 0 Å². The van der Waals surface area contributed by atoms with Crippen molar-refractivity contribution in [1.29, 1.82) is 0 Å². The van der Waals surface area contributed by atoms with Crippen molar-refractivity contribution in [3.63, 3.8) is 0 Å². The van der Waals surface area contributed by atoms with Crippen LogP contribution in [0, 0.1) is 0 Å². The summed E-state index contributed by atoms with van der Waals surface area (Å²) in [5.74, 6) is -0.381. The maximum absolute atomic E-state index is 12.4. The van der Waals surface area contributed by atoms with Crippen LogP contribution >= 0.6 is 0 Å². The molecule has 1 unspecified atom stereocenters. The minimum absolute atomic E-state index is 0.381. The fraction of sp³-hybridized carbons (Fsp3) is 0.167. The molecule has 0 bridgehead atoms. The third kappa shape index (κ3) is 3.41. The first kappa shape index (κ1) is 15.6. The number of carbonyl (C=O) groups excluding carboxylic acids is 1. The first-order valence-electron chi connectivity index (χ1n) is 7.27. The summed E-state index contributed by atoms with van der Waals surface area (Å²) < 4.78 is 19.1. The first-order valence-corrected chi connectivity index (χ1v) is 8.44. The van der Waals surface area contributed by atoms with E-state index in [2.05, 4.69) is 0 Å². The topological polar surface area (TPSA) is 46.6 Å². The predicted octanol–water partition coefficient (Wildman–Crippen LogP) is 2.99. The van der Waals surface area contributed by atoms with Crippen LogP contribution in [0.1, 0.15) is 21.5 Å². The van der Waals surface area contributed by atoms with Gasteiger partial charge in [0.05, 0.1) is 12.7 Å². The number of carbonyl (C=O) groups is 1. The highest BCUT2D eigenvalue weighted by Gasteiger charge is 2.25. The molecular formula is C18H17NO3S. The molecule has 118 valence electrons. The summed E-state index contributed by atoms with van der Waals surface area (Å²) in [6.07, 6.45) is 0. The number of nitrogens with zero attached hydrogens (tertiary/aromatic N) is 1. The lowest BCUT2D eigenvalue weighted by Gasteiger charge is -2.15. The molecule has 0 spiro atoms. The molecule has 2 aromatic rings. The number of hydrogen-bond donors (Lipinski definition) is 0. The molecule has 1 atom stereocenters. The van der Waals surface area contributed by atoms with Gasteiger partial charge >= 0.3 is 5.97 Å². The lowest BCUT2D eigenvalue weighted by molar-refractivity contribution is 0.0600. The standard InChI is InChI=1S/C18H17NO3S/c1-22-18(20)17-10-6-5-9-16(17)15-12-19(23(21)13-15)11-14-7-3-2-4-8-14/h2-10,13H,11-12H2,1H3. The summed E-state index contributed by atoms with van der Waals surface area (Å²) in [6, 6.07) is 17.2. The molecule has 0 aliphatic carbocycles. The molecule has 5 heteroatoms. The molecule has 0 aromatic heterocycles. The first-order chi connectivity index (χ1) is 11.2. The monoisotopic (exact) mass is 327 g/mol. The molecule has 1 aliphatic heterocycles. The maximum atomic E-state index is 12.4. The van der Waals surface area contributed by atoms with Gasteiger partial charge in [-0.15, -0.1) is 0 Å². The Bertz CT molecular complexity index is 771. The minimum atomic E-state index is -1.20. The summed E-state index contributed by atoms with van der Waals surface area (Å²) in [4.78, 5) is 11.9. The van der Waals surface area contributed by atoms with Crippen molar-refractivity contribution in [2.75, 3.05) is 13.7 Å². The molecule has 4 nitrogen and oxygen atoms in total. The highest BCUT2D eigenvalue weighted by Crippen LogP contribution is 2.28. The number of ether oxygens (including phenoxy) is 1. The minimum Gasteiger partial charge on any atom is -0.465 e. The van der Waals surface area contributed by atoms with Crippen molar-refractivity contribution in [3.05, 3.63) is 76.7 Å². The SMILES string of the molecule is COC(=O)c1ccccc1C1=CS(=O)N(Cc2ccccc2)C1. The van der Waals surface area contributed by atoms with E-state index in [-0.39, 0.29) is 5.97 Å². The highest BCUT2D eigenvalue weighted by atomic mass is 32.2. The Labute approximate surface area is 138 Å². The van der Waals surface area contributed by atoms with E-state index in [0.29, 0.717) is 18.7 Å². The predicted molar refractivity (Wildman–Crippen MR) is 90.8 cm³/mol. The Morgan fingerprint density at radius 1 is 1.13 bits per heavy atom. The van der Waals surface area contributed by atoms with Crippen LogP contribution in [0.3, 0.4) is 0 Å². The molecule has 2 aromatic carbocycles. The molecule has 0 saturated carbocycles. The van der Waals surface area contributed by atoms with E-state index in [1.807, 2.05) is 46.8 Å². The van der Waals surface area contributed by atoms with Gasteiger partial charge in [0.1, 0.15) is 11.0 Å². The molecule has 0 saturated heterocycles. The van der Waals surface area contributed by atoms with E-state index in [1.54, 1.807) is 17.5 Å². The van der Waals surface area contributed by atoms with Crippen molar-refractivity contribution >= 4 is 22.5 Å². The number of hydrogen-bond acceptors (Lipinski definition) is 3. The summed E-state index contributed by atoms with van der Waals surface area (Å²) in [7, 11) is 0.167. The Balaban J connectivity index is 1.82. The molecule has 0 N–H and O–H groups in total. The van der Waals surface area contributed by atoms with Crippen LogP contribution in [0.15, 0.2) is 60.0 Å². The summed E-state index contributed by atoms with van der Waals surface area (Å²) in [5, 5.41) is 1.71. The van der Waals surface area contributed by atoms with E-state index < -0.39 is 11.0 Å². The number of methoxy groups -OCH3 is 1. The zero-order valence-corrected chi connectivity index (χ0v) is 13.6. The van der Waals surface area contributed by atoms with Crippen LogP contribution in [0.25, 0.3) is 5.57 Å². The van der Waals surface area contributed by atoms with Crippen molar-refractivity contribution in [1.82, 2.24) is 4.31 Å². The number of rotatable bonds is 4. The molecule has 3 rings (SSSR count). The second-order valence-electron chi connectivity index (χ2n) is 5.24. The molecule has 1 heterocycles. The van der Waals surface area contributed by atoms with Gasteiger partial charge in [-0.05, 0) is 22.8 Å². The molecular weight excluding hydrogens is 310 g/mol. The van der Waals surface area contributed by atoms with Gasteiger partial charge in [-0.2, -0.15) is 0 Å². The number of benzene rings is 2. The van der Waals surface area contributed by atoms with Crippen molar-refractivity contribution < 1.29 is 13.7 Å². The Hall–Kier alpha value is -2.24. The fourth-order valence-corrected chi connectivity index (χ4v) is 3.73. The molecule has 0 radical (unpaired) electrons. The van der Waals surface area contributed by atoms with E-state index in [4.69, 9.17) is 4.74 Å². The second kappa shape index (κ2) is 6.89. The van der Waals surface area contributed by atoms with E-state index in [0.717, 1.165) is 16.7 Å². The summed E-state index contributed by atoms with van der Waals surface area (Å²) in [6.45, 7) is 1.14. The highest BCUT2D eigenvalue weighted by molar-refractivity contribution is 7.86. The lowest BCUT2D eigenvalue weighted by Crippen LogP contribution is -2.21. The van der Waals surface area contributed by atoms with Gasteiger partial charge in [0.25, 0.3) is 0 Å². The summed E-state index contributed by atoms with van der Waals surface area (Å²) >= 11 is 0. The van der Waals surface area contributed by atoms with Crippen LogP contribution in [-0.4, -0.2) is 28.1 Å². The lowest BCUT2D eigenvalue weighted by atomic mass is 10.0. The van der Waals surface area contributed by atoms with Gasteiger partial charge in [-0.1, -0.05) is 48.5 Å². The zero-order valence-electron chi connectivity index (χ0n) is 12.8. The normalized spacial score (nSPS) is 17.8. The average Bonchev–Trinajstić information content (AvgIpc) is 2.95. The van der Waals surface area contributed by atoms with Crippen molar-refractivity contribution in [3.8, 4) is 0 Å². The van der Waals surface area contributed by atoms with Gasteiger partial charge in [-0.3, -0.25) is 0 Å². The third-order valence-electron chi connectivity index (χ3n) is 3.72. The van der Waals surface area contributed by atoms with E-state index in [1.165, 1.54) is 7.11 Å². The van der Waals surface area contributed by atoms with Gasteiger partial charge in [-0.25, -0.2) is 13.3 Å². The van der Waals surface area contributed by atoms with Gasteiger partial charge in [0, 0.05) is 18.5 Å². The van der Waals surface area contributed by atoms with Crippen molar-refractivity contribution in [2.45, 2.75) is 6.54 Å². The quantitative estimate of drug-likeness (QED) is 0.811. The van der Waals surface area contributed by atoms with Crippen molar-refractivity contribution in [2.24, 2.45) is 0 Å². The van der Waals surface area contributed by atoms with E-state index >= 15 is 0 Å². The maximum Gasteiger partial charge on any atom is 0.338 e.